The summed E-state index contributed by atoms with van der Waals surface area (Å²) in [4.78, 5) is 0. The molecule has 0 radical (unpaired) electrons. The summed E-state index contributed by atoms with van der Waals surface area (Å²) in [5.41, 5.74) is 0. The average molecular weight is 367 g/mol. The fourth-order valence-electron chi connectivity index (χ4n) is 3.09. The van der Waals surface area contributed by atoms with Gasteiger partial charge in [0, 0.05) is 0 Å². The van der Waals surface area contributed by atoms with Crippen LogP contribution >= 0.6 is 0 Å². The van der Waals surface area contributed by atoms with Gasteiger partial charge in [0.2, 0.25) is 0 Å². The average Bonchev–Trinajstić information content (AvgIpc) is 2.08. The molecule has 0 aromatic carbocycles. The highest BCUT2D eigenvalue weighted by Gasteiger charge is 2.44. The molecule has 0 fully saturated rings. The van der Waals surface area contributed by atoms with E-state index in [9.17, 15) is 0 Å². The molecule has 0 saturated carbocycles. The van der Waals surface area contributed by atoms with E-state index in [1.54, 1.807) is 0 Å². The van der Waals surface area contributed by atoms with Crippen molar-refractivity contribution in [3.05, 3.63) is 0 Å². The van der Waals surface area contributed by atoms with Crippen LogP contribution in [0.5, 0.6) is 0 Å². The van der Waals surface area contributed by atoms with Gasteiger partial charge in [0.05, 0.1) is 0 Å². The quantitative estimate of drug-likeness (QED) is 0.466. The highest BCUT2D eigenvalue weighted by Crippen LogP contribution is 2.29. The Kier molecular flexibility index (Phi) is 8.31. The molecule has 0 aromatic rings. The van der Waals surface area contributed by atoms with Crippen LogP contribution < -0.4 is 0 Å². The molecule has 0 spiro atoms. The fraction of sp³-hybridized carbons (Fsp3) is 1.00. The molecule has 1 atom stereocenters. The van der Waals surface area contributed by atoms with Crippen LogP contribution in [0.25, 0.3) is 0 Å². The van der Waals surface area contributed by atoms with Gasteiger partial charge < -0.3 is 12.3 Å². The van der Waals surface area contributed by atoms with Gasteiger partial charge in [-0.3, -0.25) is 0 Å². The molecule has 128 valence electrons. The second-order valence-corrected chi connectivity index (χ2v) is 24.5. The third kappa shape index (κ3) is 10.2. The van der Waals surface area contributed by atoms with Crippen LogP contribution in [0.15, 0.2) is 0 Å². The third-order valence-electron chi connectivity index (χ3n) is 3.06. The maximum Gasteiger partial charge on any atom is 0.315 e. The van der Waals surface area contributed by atoms with Gasteiger partial charge in [0.25, 0.3) is 0 Å². The van der Waals surface area contributed by atoms with Gasteiger partial charge in [-0.05, 0) is 64.5 Å². The molecular weight excluding hydrogens is 328 g/mol. The smallest absolute Gasteiger partial charge is 0.315 e. The molecular formula is C14H38O3Si4. The number of hydrogen-bond acceptors (Lipinski definition) is 3. The van der Waals surface area contributed by atoms with E-state index in [-0.39, 0.29) is 0 Å². The second-order valence-electron chi connectivity index (χ2n) is 8.21. The minimum atomic E-state index is -2.14. The molecule has 0 aromatic heterocycles. The lowest BCUT2D eigenvalue weighted by molar-refractivity contribution is 0.321. The molecule has 3 nitrogen and oxygen atoms in total. The molecule has 0 aliphatic heterocycles. The number of rotatable bonds is 10. The van der Waals surface area contributed by atoms with E-state index in [0.29, 0.717) is 0 Å². The van der Waals surface area contributed by atoms with E-state index in [0.717, 1.165) is 12.5 Å². The Hall–Kier alpha value is 0.748. The largest absolute Gasteiger partial charge is 0.437 e. The Morgan fingerprint density at radius 3 is 1.48 bits per heavy atom. The van der Waals surface area contributed by atoms with Gasteiger partial charge in [-0.25, -0.2) is 0 Å². The Morgan fingerprint density at radius 2 is 1.10 bits per heavy atom. The Labute approximate surface area is 137 Å². The second kappa shape index (κ2) is 8.03. The van der Waals surface area contributed by atoms with Crippen LogP contribution in [-0.2, 0) is 12.3 Å². The first-order valence-corrected chi connectivity index (χ1v) is 20.2. The maximum absolute atomic E-state index is 6.68. The zero-order valence-electron chi connectivity index (χ0n) is 16.1. The van der Waals surface area contributed by atoms with Crippen molar-refractivity contribution >= 4 is 33.8 Å². The lowest BCUT2D eigenvalue weighted by Crippen LogP contribution is -2.57. The fourth-order valence-corrected chi connectivity index (χ4v) is 22.2. The van der Waals surface area contributed by atoms with Crippen molar-refractivity contribution in [2.45, 2.75) is 91.2 Å². The van der Waals surface area contributed by atoms with E-state index in [1.165, 1.54) is 12.5 Å². The first-order chi connectivity index (χ1) is 9.24. The minimum absolute atomic E-state index is 1.07. The summed E-state index contributed by atoms with van der Waals surface area (Å²) >= 11 is 0. The summed E-state index contributed by atoms with van der Waals surface area (Å²) in [6.07, 6.45) is 2.32. The predicted octanol–water partition coefficient (Wildman–Crippen LogP) is 5.67. The van der Waals surface area contributed by atoms with Crippen LogP contribution in [-0.4, -0.2) is 33.8 Å². The number of hydrogen-bond donors (Lipinski definition) is 0. The third-order valence-corrected chi connectivity index (χ3v) is 18.2. The lowest BCUT2D eigenvalue weighted by Gasteiger charge is -2.42. The molecule has 7 heteroatoms. The summed E-state index contributed by atoms with van der Waals surface area (Å²) in [7, 11) is -7.44. The Bertz CT molecular complexity index is 316. The first kappa shape index (κ1) is 21.7. The monoisotopic (exact) mass is 366 g/mol. The van der Waals surface area contributed by atoms with Crippen molar-refractivity contribution in [2.24, 2.45) is 0 Å². The van der Waals surface area contributed by atoms with Gasteiger partial charge >= 0.3 is 17.1 Å². The molecule has 0 bridgehead atoms. The molecule has 1 unspecified atom stereocenters. The summed E-state index contributed by atoms with van der Waals surface area (Å²) in [6, 6.07) is 2.28. The van der Waals surface area contributed by atoms with E-state index < -0.39 is 33.8 Å². The van der Waals surface area contributed by atoms with Crippen LogP contribution in [0.3, 0.4) is 0 Å². The standard InChI is InChI=1S/C14H38O3Si4/c1-11-13-19(6,7)16-21(10,14-12-2)17-20(8,9)15-18(3,4)5/h11-14H2,1-10H3. The van der Waals surface area contributed by atoms with Crippen molar-refractivity contribution in [1.29, 1.82) is 0 Å². The van der Waals surface area contributed by atoms with E-state index in [4.69, 9.17) is 12.3 Å². The lowest BCUT2D eigenvalue weighted by atomic mass is 10.6. The summed E-state index contributed by atoms with van der Waals surface area (Å²) < 4.78 is 19.7. The molecule has 0 saturated heterocycles. The van der Waals surface area contributed by atoms with Gasteiger partial charge in [-0.15, -0.1) is 0 Å². The van der Waals surface area contributed by atoms with Gasteiger partial charge in [0.15, 0.2) is 16.6 Å². The van der Waals surface area contributed by atoms with Crippen LogP contribution in [0.4, 0.5) is 0 Å². The highest BCUT2D eigenvalue weighted by molar-refractivity contribution is 6.89. The van der Waals surface area contributed by atoms with Gasteiger partial charge in [-0.2, -0.15) is 0 Å². The molecule has 0 aliphatic carbocycles. The summed E-state index contributed by atoms with van der Waals surface area (Å²) in [5, 5.41) is 0. The van der Waals surface area contributed by atoms with E-state index in [2.05, 4.69) is 66.2 Å². The maximum atomic E-state index is 6.68. The zero-order chi connectivity index (χ0) is 16.9. The van der Waals surface area contributed by atoms with E-state index >= 15 is 0 Å². The predicted molar refractivity (Wildman–Crippen MR) is 103 cm³/mol. The van der Waals surface area contributed by atoms with Crippen molar-refractivity contribution in [1.82, 2.24) is 0 Å². The van der Waals surface area contributed by atoms with Crippen molar-refractivity contribution in [3.63, 3.8) is 0 Å². The minimum Gasteiger partial charge on any atom is -0.437 e. The SMILES string of the molecule is CCC[Si](C)(C)O[Si](C)(CCC)O[Si](C)(C)O[Si](C)(C)C. The Morgan fingerprint density at radius 1 is 0.619 bits per heavy atom. The van der Waals surface area contributed by atoms with Crippen LogP contribution in [0.1, 0.15) is 26.7 Å². The van der Waals surface area contributed by atoms with E-state index in [1.807, 2.05) is 0 Å². The van der Waals surface area contributed by atoms with Crippen LogP contribution in [0.2, 0.25) is 64.5 Å². The topological polar surface area (TPSA) is 27.7 Å². The normalized spacial score (nSPS) is 16.9. The molecule has 21 heavy (non-hydrogen) atoms. The molecule has 0 amide bonds. The molecule has 0 heterocycles. The highest BCUT2D eigenvalue weighted by atomic mass is 28.5. The summed E-state index contributed by atoms with van der Waals surface area (Å²) in [6.45, 7) is 22.5. The van der Waals surface area contributed by atoms with Gasteiger partial charge in [-0.1, -0.05) is 26.7 Å². The first-order valence-electron chi connectivity index (χ1n) is 8.35. The van der Waals surface area contributed by atoms with Gasteiger partial charge in [0.1, 0.15) is 0 Å². The zero-order valence-corrected chi connectivity index (χ0v) is 20.1. The van der Waals surface area contributed by atoms with Crippen molar-refractivity contribution in [2.75, 3.05) is 0 Å². The van der Waals surface area contributed by atoms with Crippen molar-refractivity contribution < 1.29 is 12.3 Å². The van der Waals surface area contributed by atoms with Crippen LogP contribution in [0, 0.1) is 0 Å². The van der Waals surface area contributed by atoms with Crippen molar-refractivity contribution in [3.8, 4) is 0 Å². The molecule has 0 aliphatic rings. The Balaban J connectivity index is 5.02. The summed E-state index contributed by atoms with van der Waals surface area (Å²) in [5.74, 6) is 0. The molecule has 0 rings (SSSR count). The molecule has 0 N–H and O–H groups in total.